The monoisotopic (exact) mass is 301 g/mol. The summed E-state index contributed by atoms with van der Waals surface area (Å²) in [5.74, 6) is -0.343. The number of H-pyrrole nitrogens is 2. The van der Waals surface area contributed by atoms with E-state index in [0.29, 0.717) is 10.6 Å². The van der Waals surface area contributed by atoms with Crippen molar-refractivity contribution in [2.45, 2.75) is 5.92 Å². The first-order valence-corrected chi connectivity index (χ1v) is 6.75. The van der Waals surface area contributed by atoms with Crippen LogP contribution in [0.5, 0.6) is 0 Å². The summed E-state index contributed by atoms with van der Waals surface area (Å²) in [7, 11) is 0. The van der Waals surface area contributed by atoms with Crippen LogP contribution < -0.4 is 0 Å². The number of hydrogen-bond acceptors (Lipinski definition) is 2. The molecular formula is C15H12ClN3O2. The summed E-state index contributed by atoms with van der Waals surface area (Å²) in [5.41, 5.74) is 2.17. The number of nitro groups is 1. The number of nitrogens with one attached hydrogen (secondary N) is 2. The molecule has 2 aromatic heterocycles. The van der Waals surface area contributed by atoms with E-state index in [2.05, 4.69) is 9.97 Å². The third-order valence-corrected chi connectivity index (χ3v) is 3.71. The van der Waals surface area contributed by atoms with Gasteiger partial charge in [0.1, 0.15) is 0 Å². The zero-order valence-electron chi connectivity index (χ0n) is 10.9. The fourth-order valence-electron chi connectivity index (χ4n) is 2.50. The van der Waals surface area contributed by atoms with Crippen LogP contribution in [0.25, 0.3) is 0 Å². The van der Waals surface area contributed by atoms with E-state index in [9.17, 15) is 10.1 Å². The molecule has 1 aromatic carbocycles. The summed E-state index contributed by atoms with van der Waals surface area (Å²) in [6.07, 6.45) is 3.57. The molecule has 106 valence electrons. The second kappa shape index (κ2) is 5.46. The number of aromatic nitrogens is 2. The van der Waals surface area contributed by atoms with Crippen LogP contribution >= 0.6 is 11.6 Å². The van der Waals surface area contributed by atoms with Crippen LogP contribution in [-0.2, 0) is 0 Å². The van der Waals surface area contributed by atoms with Crippen LogP contribution in [0.4, 0.5) is 5.69 Å². The average molecular weight is 302 g/mol. The Hall–Kier alpha value is -2.53. The summed E-state index contributed by atoms with van der Waals surface area (Å²) >= 11 is 6.27. The Morgan fingerprint density at radius 2 is 1.62 bits per heavy atom. The van der Waals surface area contributed by atoms with Crippen molar-refractivity contribution in [1.29, 1.82) is 0 Å². The Balaban J connectivity index is 2.25. The highest BCUT2D eigenvalue weighted by atomic mass is 35.5. The first-order valence-electron chi connectivity index (χ1n) is 6.38. The van der Waals surface area contributed by atoms with E-state index in [1.54, 1.807) is 24.5 Å². The lowest BCUT2D eigenvalue weighted by Crippen LogP contribution is -2.08. The molecule has 5 nitrogen and oxygen atoms in total. The predicted molar refractivity (Wildman–Crippen MR) is 80.6 cm³/mol. The van der Waals surface area contributed by atoms with Crippen molar-refractivity contribution in [3.63, 3.8) is 0 Å². The molecule has 3 rings (SSSR count). The zero-order valence-corrected chi connectivity index (χ0v) is 11.7. The van der Waals surface area contributed by atoms with E-state index in [0.717, 1.165) is 11.4 Å². The highest BCUT2D eigenvalue weighted by Crippen LogP contribution is 2.39. The first kappa shape index (κ1) is 13.5. The zero-order chi connectivity index (χ0) is 14.8. The van der Waals surface area contributed by atoms with Gasteiger partial charge in [0.2, 0.25) is 0 Å². The quantitative estimate of drug-likeness (QED) is 0.562. The number of hydrogen-bond donors (Lipinski definition) is 2. The predicted octanol–water partition coefficient (Wildman–Crippen LogP) is 4.08. The molecule has 2 heterocycles. The summed E-state index contributed by atoms with van der Waals surface area (Å²) in [6.45, 7) is 0. The molecule has 0 fully saturated rings. The number of halogens is 1. The second-order valence-corrected chi connectivity index (χ2v) is 5.02. The van der Waals surface area contributed by atoms with Gasteiger partial charge in [-0.05, 0) is 30.3 Å². The topological polar surface area (TPSA) is 74.7 Å². The Kier molecular flexibility index (Phi) is 3.50. The molecule has 0 bridgehead atoms. The maximum atomic E-state index is 11.3. The lowest BCUT2D eigenvalue weighted by Gasteiger charge is -2.16. The van der Waals surface area contributed by atoms with Gasteiger partial charge in [0, 0.05) is 29.8 Å². The highest BCUT2D eigenvalue weighted by Gasteiger charge is 2.28. The van der Waals surface area contributed by atoms with Crippen LogP contribution in [-0.4, -0.2) is 14.9 Å². The number of nitro benzene ring substituents is 1. The first-order chi connectivity index (χ1) is 10.2. The summed E-state index contributed by atoms with van der Waals surface area (Å²) in [6, 6.07) is 12.2. The maximum Gasteiger partial charge on any atom is 0.275 e. The van der Waals surface area contributed by atoms with Gasteiger partial charge in [-0.3, -0.25) is 10.1 Å². The van der Waals surface area contributed by atoms with Crippen LogP contribution in [0.3, 0.4) is 0 Å². The molecule has 21 heavy (non-hydrogen) atoms. The number of aromatic amines is 2. The van der Waals surface area contributed by atoms with E-state index in [-0.39, 0.29) is 11.6 Å². The van der Waals surface area contributed by atoms with Crippen molar-refractivity contribution in [3.8, 4) is 0 Å². The molecule has 0 saturated carbocycles. The normalized spacial score (nSPS) is 11.0. The van der Waals surface area contributed by atoms with Gasteiger partial charge in [0.15, 0.2) is 0 Å². The Labute approximate surface area is 125 Å². The van der Waals surface area contributed by atoms with Gasteiger partial charge < -0.3 is 9.97 Å². The average Bonchev–Trinajstić information content (AvgIpc) is 3.14. The molecule has 2 N–H and O–H groups in total. The van der Waals surface area contributed by atoms with Crippen molar-refractivity contribution in [2.75, 3.05) is 0 Å². The Morgan fingerprint density at radius 1 is 1.00 bits per heavy atom. The lowest BCUT2D eigenvalue weighted by atomic mass is 9.91. The van der Waals surface area contributed by atoms with Crippen LogP contribution in [0.1, 0.15) is 22.9 Å². The molecule has 0 spiro atoms. The molecular weight excluding hydrogens is 290 g/mol. The van der Waals surface area contributed by atoms with E-state index in [1.165, 1.54) is 6.07 Å². The van der Waals surface area contributed by atoms with Gasteiger partial charge in [0.05, 0.1) is 21.4 Å². The van der Waals surface area contributed by atoms with Gasteiger partial charge in [-0.25, -0.2) is 0 Å². The summed E-state index contributed by atoms with van der Waals surface area (Å²) in [5, 5.41) is 11.7. The van der Waals surface area contributed by atoms with Crippen molar-refractivity contribution in [3.05, 3.63) is 86.9 Å². The van der Waals surface area contributed by atoms with Crippen molar-refractivity contribution < 1.29 is 4.92 Å². The van der Waals surface area contributed by atoms with Gasteiger partial charge >= 0.3 is 0 Å². The number of nitrogens with zero attached hydrogens (tertiary/aromatic N) is 1. The minimum absolute atomic E-state index is 0.0108. The number of benzene rings is 1. The molecule has 0 radical (unpaired) electrons. The Bertz CT molecular complexity index is 717. The molecule has 3 aromatic rings. The molecule has 0 aliphatic rings. The molecule has 0 atom stereocenters. The number of rotatable bonds is 4. The van der Waals surface area contributed by atoms with Crippen LogP contribution in [0, 0.1) is 10.1 Å². The van der Waals surface area contributed by atoms with Gasteiger partial charge in [-0.1, -0.05) is 17.7 Å². The van der Waals surface area contributed by atoms with E-state index in [1.807, 2.05) is 24.3 Å². The third kappa shape index (κ3) is 2.43. The smallest absolute Gasteiger partial charge is 0.275 e. The summed E-state index contributed by atoms with van der Waals surface area (Å²) < 4.78 is 0. The van der Waals surface area contributed by atoms with Crippen LogP contribution in [0.2, 0.25) is 5.02 Å². The van der Waals surface area contributed by atoms with E-state index < -0.39 is 4.92 Å². The summed E-state index contributed by atoms with van der Waals surface area (Å²) in [4.78, 5) is 17.2. The standard InChI is InChI=1S/C15H12ClN3O2/c16-10-4-1-7-13(19(20)21)14(10)15(11-5-2-8-17-11)12-6-3-9-18-12/h1-9,15,17-18H. The van der Waals surface area contributed by atoms with E-state index in [4.69, 9.17) is 11.6 Å². The van der Waals surface area contributed by atoms with Crippen molar-refractivity contribution >= 4 is 17.3 Å². The van der Waals surface area contributed by atoms with Gasteiger partial charge in [0.25, 0.3) is 5.69 Å². The van der Waals surface area contributed by atoms with Crippen molar-refractivity contribution in [2.24, 2.45) is 0 Å². The Morgan fingerprint density at radius 3 is 2.10 bits per heavy atom. The van der Waals surface area contributed by atoms with Crippen molar-refractivity contribution in [1.82, 2.24) is 9.97 Å². The molecule has 0 unspecified atom stereocenters. The molecule has 6 heteroatoms. The minimum atomic E-state index is -0.403. The fraction of sp³-hybridized carbons (Fsp3) is 0.0667. The largest absolute Gasteiger partial charge is 0.364 e. The van der Waals surface area contributed by atoms with Gasteiger partial charge in [-0.15, -0.1) is 0 Å². The van der Waals surface area contributed by atoms with Gasteiger partial charge in [-0.2, -0.15) is 0 Å². The van der Waals surface area contributed by atoms with E-state index >= 15 is 0 Å². The molecule has 0 amide bonds. The molecule has 0 aliphatic carbocycles. The lowest BCUT2D eigenvalue weighted by molar-refractivity contribution is -0.385. The fourth-order valence-corrected chi connectivity index (χ4v) is 2.78. The highest BCUT2D eigenvalue weighted by molar-refractivity contribution is 6.31. The molecule has 0 saturated heterocycles. The third-order valence-electron chi connectivity index (χ3n) is 3.38. The van der Waals surface area contributed by atoms with Crippen LogP contribution in [0.15, 0.2) is 54.9 Å². The SMILES string of the molecule is O=[N+]([O-])c1cccc(Cl)c1C(c1ccc[nH]1)c1ccc[nH]1. The molecule has 0 aliphatic heterocycles. The maximum absolute atomic E-state index is 11.3. The minimum Gasteiger partial charge on any atom is -0.364 e. The second-order valence-electron chi connectivity index (χ2n) is 4.61.